The van der Waals surface area contributed by atoms with E-state index in [0.29, 0.717) is 5.25 Å². The van der Waals surface area contributed by atoms with Crippen LogP contribution in [0.15, 0.2) is 53.4 Å². The molecule has 0 spiro atoms. The fraction of sp³-hybridized carbons (Fsp3) is 0.294. The number of hydrogen-bond acceptors (Lipinski definition) is 2. The van der Waals surface area contributed by atoms with Gasteiger partial charge in [-0.15, -0.1) is 11.8 Å². The Labute approximate surface area is 119 Å². The Hall–Kier alpha value is -1.41. The molecular weight excluding hydrogens is 250 g/mol. The van der Waals surface area contributed by atoms with E-state index < -0.39 is 0 Å². The van der Waals surface area contributed by atoms with Gasteiger partial charge in [-0.1, -0.05) is 36.8 Å². The standard InChI is InChI=1S/C17H19NS/c18-14-8-5-9-15(12-14)19-17-11-4-2-7-13-6-1-3-10-16(13)17/h1,3,5-6,8-10,12,17H,2,4,7,11,18H2/t17-/m0/s1. The molecule has 0 unspecified atom stereocenters. The van der Waals surface area contributed by atoms with Gasteiger partial charge in [-0.05, 0) is 48.6 Å². The Morgan fingerprint density at radius 1 is 1.00 bits per heavy atom. The average molecular weight is 269 g/mol. The predicted molar refractivity (Wildman–Crippen MR) is 83.4 cm³/mol. The summed E-state index contributed by atoms with van der Waals surface area (Å²) in [4.78, 5) is 1.28. The Balaban J connectivity index is 1.88. The van der Waals surface area contributed by atoms with Crippen LogP contribution < -0.4 is 5.73 Å². The van der Waals surface area contributed by atoms with Crippen LogP contribution in [-0.4, -0.2) is 0 Å². The second-order valence-electron chi connectivity index (χ2n) is 5.12. The third kappa shape index (κ3) is 2.95. The first-order valence-electron chi connectivity index (χ1n) is 6.93. The van der Waals surface area contributed by atoms with Crippen molar-refractivity contribution in [2.75, 3.05) is 5.73 Å². The predicted octanol–water partition coefficient (Wildman–Crippen LogP) is 4.83. The summed E-state index contributed by atoms with van der Waals surface area (Å²) in [7, 11) is 0. The molecule has 0 radical (unpaired) electrons. The third-order valence-electron chi connectivity index (χ3n) is 3.70. The van der Waals surface area contributed by atoms with Crippen molar-refractivity contribution in [3.63, 3.8) is 0 Å². The molecule has 2 aromatic rings. The van der Waals surface area contributed by atoms with Gasteiger partial charge in [0.2, 0.25) is 0 Å². The van der Waals surface area contributed by atoms with Crippen LogP contribution in [0.5, 0.6) is 0 Å². The smallest absolute Gasteiger partial charge is 0.0347 e. The molecule has 0 fully saturated rings. The Morgan fingerprint density at radius 3 is 2.79 bits per heavy atom. The van der Waals surface area contributed by atoms with Gasteiger partial charge in [0.05, 0.1) is 0 Å². The van der Waals surface area contributed by atoms with Crippen molar-refractivity contribution in [3.05, 3.63) is 59.7 Å². The van der Waals surface area contributed by atoms with Crippen molar-refractivity contribution in [1.29, 1.82) is 0 Å². The summed E-state index contributed by atoms with van der Waals surface area (Å²) in [6.07, 6.45) is 5.11. The van der Waals surface area contributed by atoms with E-state index in [1.165, 1.54) is 41.7 Å². The van der Waals surface area contributed by atoms with E-state index in [1.54, 1.807) is 0 Å². The zero-order chi connectivity index (χ0) is 13.1. The van der Waals surface area contributed by atoms with E-state index in [9.17, 15) is 0 Å². The van der Waals surface area contributed by atoms with Gasteiger partial charge in [0.15, 0.2) is 0 Å². The fourth-order valence-corrected chi connectivity index (χ4v) is 4.08. The SMILES string of the molecule is Nc1cccc(S[C@H]2CCCCc3ccccc32)c1. The molecule has 1 aliphatic rings. The minimum atomic E-state index is 0.570. The van der Waals surface area contributed by atoms with Gasteiger partial charge in [-0.2, -0.15) is 0 Å². The van der Waals surface area contributed by atoms with Gasteiger partial charge in [0, 0.05) is 15.8 Å². The van der Waals surface area contributed by atoms with Crippen LogP contribution in [0.2, 0.25) is 0 Å². The van der Waals surface area contributed by atoms with Gasteiger partial charge in [0.1, 0.15) is 0 Å². The number of nitrogen functional groups attached to an aromatic ring is 1. The first-order chi connectivity index (χ1) is 9.33. The lowest BCUT2D eigenvalue weighted by molar-refractivity contribution is 0.704. The highest BCUT2D eigenvalue weighted by Gasteiger charge is 2.19. The highest BCUT2D eigenvalue weighted by Crippen LogP contribution is 2.42. The molecule has 3 rings (SSSR count). The summed E-state index contributed by atoms with van der Waals surface area (Å²) in [6.45, 7) is 0. The normalized spacial score (nSPS) is 18.6. The minimum Gasteiger partial charge on any atom is -0.399 e. The first kappa shape index (κ1) is 12.6. The summed E-state index contributed by atoms with van der Waals surface area (Å²) in [6, 6.07) is 17.1. The van der Waals surface area contributed by atoms with Gasteiger partial charge in [-0.25, -0.2) is 0 Å². The number of fused-ring (bicyclic) bond motifs is 1. The van der Waals surface area contributed by atoms with Crippen molar-refractivity contribution in [3.8, 4) is 0 Å². The Morgan fingerprint density at radius 2 is 1.89 bits per heavy atom. The maximum absolute atomic E-state index is 5.88. The number of anilines is 1. The monoisotopic (exact) mass is 269 g/mol. The number of thioether (sulfide) groups is 1. The Bertz CT molecular complexity index is 565. The van der Waals surface area contributed by atoms with Crippen LogP contribution in [0.4, 0.5) is 5.69 Å². The van der Waals surface area contributed by atoms with Crippen molar-refractivity contribution < 1.29 is 0 Å². The highest BCUT2D eigenvalue weighted by atomic mass is 32.2. The van der Waals surface area contributed by atoms with E-state index in [2.05, 4.69) is 36.4 Å². The highest BCUT2D eigenvalue weighted by molar-refractivity contribution is 7.99. The maximum Gasteiger partial charge on any atom is 0.0347 e. The van der Waals surface area contributed by atoms with Crippen LogP contribution in [0.25, 0.3) is 0 Å². The number of aryl methyl sites for hydroxylation is 1. The molecule has 1 atom stereocenters. The minimum absolute atomic E-state index is 0.570. The van der Waals surface area contributed by atoms with Crippen LogP contribution in [0, 0.1) is 0 Å². The van der Waals surface area contributed by atoms with Crippen LogP contribution in [-0.2, 0) is 6.42 Å². The first-order valence-corrected chi connectivity index (χ1v) is 7.81. The van der Waals surface area contributed by atoms with Crippen LogP contribution in [0.1, 0.15) is 35.6 Å². The molecule has 2 heteroatoms. The van der Waals surface area contributed by atoms with Gasteiger partial charge in [-0.3, -0.25) is 0 Å². The number of rotatable bonds is 2. The van der Waals surface area contributed by atoms with Gasteiger partial charge < -0.3 is 5.73 Å². The van der Waals surface area contributed by atoms with Gasteiger partial charge >= 0.3 is 0 Å². The van der Waals surface area contributed by atoms with E-state index in [4.69, 9.17) is 5.73 Å². The molecule has 1 nitrogen and oxygen atoms in total. The topological polar surface area (TPSA) is 26.0 Å². The quantitative estimate of drug-likeness (QED) is 0.624. The maximum atomic E-state index is 5.88. The van der Waals surface area contributed by atoms with Crippen molar-refractivity contribution in [2.24, 2.45) is 0 Å². The molecule has 0 aromatic heterocycles. The van der Waals surface area contributed by atoms with Gasteiger partial charge in [0.25, 0.3) is 0 Å². The third-order valence-corrected chi connectivity index (χ3v) is 5.00. The fourth-order valence-electron chi connectivity index (χ4n) is 2.75. The van der Waals surface area contributed by atoms with E-state index in [1.807, 2.05) is 23.9 Å². The number of hydrogen-bond donors (Lipinski definition) is 1. The molecular formula is C17H19NS. The lowest BCUT2D eigenvalue weighted by Crippen LogP contribution is -1.96. The van der Waals surface area contributed by atoms with Crippen molar-refractivity contribution >= 4 is 17.4 Å². The molecule has 1 aliphatic carbocycles. The summed E-state index contributed by atoms with van der Waals surface area (Å²) < 4.78 is 0. The molecule has 98 valence electrons. The summed E-state index contributed by atoms with van der Waals surface area (Å²) in [5.74, 6) is 0. The lowest BCUT2D eigenvalue weighted by atomic mass is 10.0. The largest absolute Gasteiger partial charge is 0.399 e. The average Bonchev–Trinajstić information content (AvgIpc) is 2.62. The van der Waals surface area contributed by atoms with Crippen LogP contribution in [0.3, 0.4) is 0 Å². The molecule has 0 aliphatic heterocycles. The van der Waals surface area contributed by atoms with Crippen molar-refractivity contribution in [2.45, 2.75) is 35.8 Å². The number of nitrogens with two attached hydrogens (primary N) is 1. The molecule has 0 saturated carbocycles. The molecule has 0 saturated heterocycles. The van der Waals surface area contributed by atoms with Crippen LogP contribution >= 0.6 is 11.8 Å². The summed E-state index contributed by atoms with van der Waals surface area (Å²) in [5.41, 5.74) is 9.78. The summed E-state index contributed by atoms with van der Waals surface area (Å²) in [5, 5.41) is 0.570. The van der Waals surface area contributed by atoms with E-state index in [-0.39, 0.29) is 0 Å². The molecule has 2 N–H and O–H groups in total. The lowest BCUT2D eigenvalue weighted by Gasteiger charge is -2.17. The summed E-state index contributed by atoms with van der Waals surface area (Å²) >= 11 is 1.95. The zero-order valence-corrected chi connectivity index (χ0v) is 11.8. The molecule has 2 aromatic carbocycles. The molecule has 0 heterocycles. The second kappa shape index (κ2) is 5.70. The second-order valence-corrected chi connectivity index (χ2v) is 6.40. The number of benzene rings is 2. The Kier molecular flexibility index (Phi) is 3.79. The van der Waals surface area contributed by atoms with E-state index in [0.717, 1.165) is 5.69 Å². The van der Waals surface area contributed by atoms with Crippen molar-refractivity contribution in [1.82, 2.24) is 0 Å². The molecule has 19 heavy (non-hydrogen) atoms. The zero-order valence-electron chi connectivity index (χ0n) is 11.0. The molecule has 0 bridgehead atoms. The molecule has 0 amide bonds. The van der Waals surface area contributed by atoms with E-state index >= 15 is 0 Å².